The van der Waals surface area contributed by atoms with Crippen LogP contribution in [0.1, 0.15) is 46.9 Å². The molecule has 1 atom stereocenters. The second-order valence-electron chi connectivity index (χ2n) is 12.2. The van der Waals surface area contributed by atoms with Gasteiger partial charge in [0.25, 0.3) is 0 Å². The van der Waals surface area contributed by atoms with Crippen molar-refractivity contribution >= 4 is 28.3 Å². The van der Waals surface area contributed by atoms with Gasteiger partial charge in [-0.2, -0.15) is 0 Å². The second kappa shape index (κ2) is 18.0. The van der Waals surface area contributed by atoms with Crippen LogP contribution in [0.5, 0.6) is 17.2 Å². The first-order valence-electron chi connectivity index (χ1n) is 16.8. The molecule has 5 aromatic rings. The number of nitrogens with zero attached hydrogens (tertiary/aromatic N) is 3. The third kappa shape index (κ3) is 8.98. The zero-order valence-corrected chi connectivity index (χ0v) is 32.2. The van der Waals surface area contributed by atoms with E-state index in [1.807, 2.05) is 71.3 Å². The van der Waals surface area contributed by atoms with E-state index in [0.717, 1.165) is 67.0 Å². The maximum Gasteiger partial charge on any atom is 1.00 e. The van der Waals surface area contributed by atoms with Gasteiger partial charge >= 0.3 is 51.4 Å². The van der Waals surface area contributed by atoms with Crippen molar-refractivity contribution in [2.75, 3.05) is 51.8 Å². The SMILES string of the molecule is COc1cc(C(=O)c2cn(CCCC(=O)[O-])c3ccccc23)ccc1O[C@H](CCN1CCN(c2ccccc2OC)CC1)c1ccccc1.[K+]. The fourth-order valence-corrected chi connectivity index (χ4v) is 6.59. The average molecular weight is 700 g/mol. The Balaban J connectivity index is 0.00000486. The largest absolute Gasteiger partial charge is 1.00 e. The number of aliphatic carboxylic acids is 1. The summed E-state index contributed by atoms with van der Waals surface area (Å²) in [7, 11) is 3.30. The number of ether oxygens (including phenoxy) is 3. The molecule has 0 amide bonds. The van der Waals surface area contributed by atoms with Crippen molar-refractivity contribution in [3.8, 4) is 17.2 Å². The third-order valence-corrected chi connectivity index (χ3v) is 9.19. The van der Waals surface area contributed by atoms with Crippen LogP contribution in [-0.2, 0) is 11.3 Å². The Labute approximate surface area is 336 Å². The Hall–Kier alpha value is -3.64. The first kappa shape index (κ1) is 37.6. The number of rotatable bonds is 15. The number of para-hydroxylation sites is 3. The number of methoxy groups -OCH3 is 2. The number of piperazine rings is 1. The number of anilines is 1. The first-order valence-corrected chi connectivity index (χ1v) is 16.8. The van der Waals surface area contributed by atoms with Gasteiger partial charge < -0.3 is 33.6 Å². The van der Waals surface area contributed by atoms with E-state index in [-0.39, 0.29) is 69.7 Å². The van der Waals surface area contributed by atoms with Crippen molar-refractivity contribution in [3.05, 3.63) is 120 Å². The van der Waals surface area contributed by atoms with Gasteiger partial charge in [-0.25, -0.2) is 0 Å². The summed E-state index contributed by atoms with van der Waals surface area (Å²) < 4.78 is 20.0. The van der Waals surface area contributed by atoms with E-state index < -0.39 is 5.97 Å². The molecule has 50 heavy (non-hydrogen) atoms. The number of carboxylic acid groups (broad SMARTS) is 1. The Morgan fingerprint density at radius 1 is 0.780 bits per heavy atom. The van der Waals surface area contributed by atoms with Crippen molar-refractivity contribution < 1.29 is 80.3 Å². The number of aromatic nitrogens is 1. The molecule has 6 rings (SSSR count). The van der Waals surface area contributed by atoms with Crippen LogP contribution >= 0.6 is 0 Å². The van der Waals surface area contributed by atoms with Crippen molar-refractivity contribution in [2.45, 2.75) is 31.9 Å². The molecule has 1 aliphatic rings. The minimum Gasteiger partial charge on any atom is -0.550 e. The number of hydrogen-bond acceptors (Lipinski definition) is 8. The number of carbonyl (C=O) groups is 2. The maximum atomic E-state index is 13.9. The van der Waals surface area contributed by atoms with Crippen LogP contribution in [0.15, 0.2) is 103 Å². The molecule has 0 radical (unpaired) electrons. The van der Waals surface area contributed by atoms with Crippen LogP contribution < -0.4 is 75.6 Å². The van der Waals surface area contributed by atoms with E-state index in [2.05, 4.69) is 28.0 Å². The van der Waals surface area contributed by atoms with Crippen LogP contribution in [0.2, 0.25) is 0 Å². The van der Waals surface area contributed by atoms with E-state index in [4.69, 9.17) is 14.2 Å². The van der Waals surface area contributed by atoms with Crippen molar-refractivity contribution in [1.82, 2.24) is 9.47 Å². The fourth-order valence-electron chi connectivity index (χ4n) is 6.59. The van der Waals surface area contributed by atoms with E-state index in [1.165, 1.54) is 0 Å². The molecule has 0 spiro atoms. The Morgan fingerprint density at radius 3 is 2.22 bits per heavy atom. The number of hydrogen-bond donors (Lipinski definition) is 0. The topological polar surface area (TPSA) is 96.3 Å². The van der Waals surface area contributed by atoms with Gasteiger partial charge in [0.05, 0.1) is 19.9 Å². The number of benzene rings is 4. The maximum absolute atomic E-state index is 13.9. The molecular weight excluding hydrogens is 658 g/mol. The van der Waals surface area contributed by atoms with Crippen molar-refractivity contribution in [2.24, 2.45) is 0 Å². The van der Waals surface area contributed by atoms with E-state index >= 15 is 0 Å². The normalized spacial score (nSPS) is 13.8. The zero-order chi connectivity index (χ0) is 34.2. The van der Waals surface area contributed by atoms with Crippen LogP contribution in [-0.4, -0.2) is 68.2 Å². The summed E-state index contributed by atoms with van der Waals surface area (Å²) in [4.78, 5) is 29.7. The summed E-state index contributed by atoms with van der Waals surface area (Å²) >= 11 is 0. The molecular formula is C40H42KN3O6. The third-order valence-electron chi connectivity index (χ3n) is 9.19. The molecule has 254 valence electrons. The zero-order valence-electron chi connectivity index (χ0n) is 29.0. The van der Waals surface area contributed by atoms with E-state index in [1.54, 1.807) is 32.5 Å². The predicted octanol–water partition coefficient (Wildman–Crippen LogP) is 2.76. The number of ketones is 1. The molecule has 1 saturated heterocycles. The van der Waals surface area contributed by atoms with E-state index in [9.17, 15) is 14.7 Å². The summed E-state index contributed by atoms with van der Waals surface area (Å²) in [6.45, 7) is 5.04. The van der Waals surface area contributed by atoms with Crippen LogP contribution in [0.3, 0.4) is 0 Å². The molecule has 0 aliphatic carbocycles. The van der Waals surface area contributed by atoms with Gasteiger partial charge in [0.15, 0.2) is 17.3 Å². The molecule has 0 bridgehead atoms. The fraction of sp³-hybridized carbons (Fsp3) is 0.300. The molecule has 9 nitrogen and oxygen atoms in total. The Kier molecular flexibility index (Phi) is 13.6. The van der Waals surface area contributed by atoms with Crippen molar-refractivity contribution in [3.63, 3.8) is 0 Å². The molecule has 10 heteroatoms. The molecule has 0 saturated carbocycles. The summed E-state index contributed by atoms with van der Waals surface area (Å²) in [5.74, 6) is 0.715. The minimum atomic E-state index is -1.08. The van der Waals surface area contributed by atoms with Crippen LogP contribution in [0.25, 0.3) is 10.9 Å². The monoisotopic (exact) mass is 699 g/mol. The molecule has 0 unspecified atom stereocenters. The first-order chi connectivity index (χ1) is 23.9. The molecule has 1 fully saturated rings. The van der Waals surface area contributed by atoms with Crippen molar-refractivity contribution in [1.29, 1.82) is 0 Å². The Bertz CT molecular complexity index is 1890. The van der Waals surface area contributed by atoms with Gasteiger partial charge in [0, 0.05) is 79.9 Å². The molecule has 4 aromatic carbocycles. The number of aryl methyl sites for hydroxylation is 1. The average Bonchev–Trinajstić information content (AvgIpc) is 3.51. The van der Waals surface area contributed by atoms with Crippen LogP contribution in [0, 0.1) is 0 Å². The minimum absolute atomic E-state index is 0. The smallest absolute Gasteiger partial charge is 0.550 e. The second-order valence-corrected chi connectivity index (χ2v) is 12.2. The molecule has 0 N–H and O–H groups in total. The van der Waals surface area contributed by atoms with Gasteiger partial charge in [-0.1, -0.05) is 60.7 Å². The summed E-state index contributed by atoms with van der Waals surface area (Å²) in [6.07, 6.45) is 2.73. The summed E-state index contributed by atoms with van der Waals surface area (Å²) in [5, 5.41) is 11.8. The quantitative estimate of drug-likeness (QED) is 0.122. The van der Waals surface area contributed by atoms with Gasteiger partial charge in [0.1, 0.15) is 11.9 Å². The standard InChI is InChI=1S/C40H43N3O6.K/c1-47-36-16-9-8-15-34(36)42-25-23-41(24-26-42)22-20-35(29-11-4-3-5-12-29)49-37-19-18-30(27-38(37)48-2)40(46)32-28-43(21-10-17-39(44)45)33-14-7-6-13-31(32)33;/h3-9,11-16,18-19,27-28,35H,10,17,20-26H2,1-2H3,(H,44,45);/q;+1/p-1/t35-;/m1./s1. The summed E-state index contributed by atoms with van der Waals surface area (Å²) in [6, 6.07) is 31.3. The number of carboxylic acids is 1. The van der Waals surface area contributed by atoms with Gasteiger partial charge in [-0.15, -0.1) is 0 Å². The number of fused-ring (bicyclic) bond motifs is 1. The van der Waals surface area contributed by atoms with Crippen LogP contribution in [0.4, 0.5) is 5.69 Å². The Morgan fingerprint density at radius 2 is 1.48 bits per heavy atom. The van der Waals surface area contributed by atoms with Gasteiger partial charge in [0.2, 0.25) is 0 Å². The molecule has 1 aromatic heterocycles. The summed E-state index contributed by atoms with van der Waals surface area (Å²) in [5.41, 5.74) is 4.11. The van der Waals surface area contributed by atoms with E-state index in [0.29, 0.717) is 35.6 Å². The predicted molar refractivity (Wildman–Crippen MR) is 189 cm³/mol. The molecule has 2 heterocycles. The van der Waals surface area contributed by atoms with Gasteiger partial charge in [-0.05, 0) is 54.8 Å². The van der Waals surface area contributed by atoms with Gasteiger partial charge in [-0.3, -0.25) is 9.69 Å². The molecule has 1 aliphatic heterocycles. The number of carbonyl (C=O) groups excluding carboxylic acids is 2.